The summed E-state index contributed by atoms with van der Waals surface area (Å²) < 4.78 is 0. The Morgan fingerprint density at radius 3 is 2.21 bits per heavy atom. The van der Waals surface area contributed by atoms with Crippen LogP contribution in [0.1, 0.15) is 93.4 Å². The first-order chi connectivity index (χ1) is 15.7. The van der Waals surface area contributed by atoms with Crippen molar-refractivity contribution >= 4 is 17.5 Å². The third-order valence-corrected chi connectivity index (χ3v) is 13.1. The van der Waals surface area contributed by atoms with Gasteiger partial charge in [-0.05, 0) is 96.9 Å². The summed E-state index contributed by atoms with van der Waals surface area (Å²) in [5.41, 5.74) is 6.13. The molecule has 0 radical (unpaired) electrons. The molecule has 5 aliphatic rings. The van der Waals surface area contributed by atoms with Crippen LogP contribution in [0.25, 0.3) is 0 Å². The zero-order chi connectivity index (χ0) is 25.0. The van der Waals surface area contributed by atoms with Gasteiger partial charge in [-0.25, -0.2) is 0 Å². The Hall–Kier alpha value is -1.45. The zero-order valence-corrected chi connectivity index (χ0v) is 22.4. The molecule has 4 heteroatoms. The van der Waals surface area contributed by atoms with Crippen LogP contribution in [-0.4, -0.2) is 17.5 Å². The fourth-order valence-electron chi connectivity index (χ4n) is 10.3. The minimum Gasteiger partial charge on any atom is -0.369 e. The number of amides is 1. The highest BCUT2D eigenvalue weighted by molar-refractivity contribution is 5.95. The summed E-state index contributed by atoms with van der Waals surface area (Å²) >= 11 is 0. The summed E-state index contributed by atoms with van der Waals surface area (Å²) in [6, 6.07) is 0. The van der Waals surface area contributed by atoms with E-state index in [4.69, 9.17) is 5.73 Å². The standard InChI is InChI=1S/C30H45NO3/c1-27(2)22-13-12-19-20-10-8-16-14-17(32)9-11-18(16)24(20)23(33)15-21(19)25(22)28(3,4)30(7,26(31)34)29(27,5)6/h15-16,18-20,22,24-25H,8-14H2,1-7H3,(H2,31,34). The molecule has 34 heavy (non-hydrogen) atoms. The molecule has 2 N–H and O–H groups in total. The van der Waals surface area contributed by atoms with Crippen LogP contribution in [0, 0.1) is 63.1 Å². The maximum absolute atomic E-state index is 13.8. The van der Waals surface area contributed by atoms with E-state index in [1.807, 2.05) is 6.08 Å². The van der Waals surface area contributed by atoms with Crippen LogP contribution in [0.2, 0.25) is 0 Å². The van der Waals surface area contributed by atoms with Crippen molar-refractivity contribution in [1.29, 1.82) is 0 Å². The Morgan fingerprint density at radius 1 is 0.882 bits per heavy atom. The second kappa shape index (κ2) is 7.29. The molecule has 8 unspecified atom stereocenters. The van der Waals surface area contributed by atoms with Crippen molar-refractivity contribution in [2.24, 2.45) is 68.8 Å². The Balaban J connectivity index is 1.61. The number of fused-ring (bicyclic) bond motifs is 7. The van der Waals surface area contributed by atoms with Crippen LogP contribution in [0.3, 0.4) is 0 Å². The number of hydrogen-bond acceptors (Lipinski definition) is 3. The molecule has 188 valence electrons. The second-order valence-electron chi connectivity index (χ2n) is 14.3. The first-order valence-electron chi connectivity index (χ1n) is 13.7. The number of primary amides is 1. The summed E-state index contributed by atoms with van der Waals surface area (Å²) in [7, 11) is 0. The van der Waals surface area contributed by atoms with Crippen molar-refractivity contribution in [3.05, 3.63) is 11.6 Å². The lowest BCUT2D eigenvalue weighted by molar-refractivity contribution is -0.219. The second-order valence-corrected chi connectivity index (χ2v) is 14.3. The summed E-state index contributed by atoms with van der Waals surface area (Å²) in [4.78, 5) is 39.2. The number of nitrogens with two attached hydrogens (primary N) is 1. The number of Topliss-reactive ketones (excluding diaryl/α,β-unsaturated/α-hetero) is 1. The molecule has 0 aliphatic heterocycles. The quantitative estimate of drug-likeness (QED) is 0.535. The topological polar surface area (TPSA) is 77.2 Å². The van der Waals surface area contributed by atoms with Gasteiger partial charge in [0.05, 0.1) is 5.41 Å². The number of carbonyl (C=O) groups is 3. The molecular weight excluding hydrogens is 422 g/mol. The lowest BCUT2D eigenvalue weighted by Gasteiger charge is -2.71. The number of allylic oxidation sites excluding steroid dienone is 2. The van der Waals surface area contributed by atoms with Crippen molar-refractivity contribution in [3.63, 3.8) is 0 Å². The van der Waals surface area contributed by atoms with Gasteiger partial charge in [-0.2, -0.15) is 0 Å². The van der Waals surface area contributed by atoms with E-state index in [2.05, 4.69) is 48.5 Å². The van der Waals surface area contributed by atoms with Gasteiger partial charge in [-0.1, -0.05) is 47.1 Å². The molecule has 8 atom stereocenters. The molecular formula is C30H45NO3. The van der Waals surface area contributed by atoms with Gasteiger partial charge in [-0.15, -0.1) is 0 Å². The van der Waals surface area contributed by atoms with Gasteiger partial charge >= 0.3 is 0 Å². The average molecular weight is 468 g/mol. The van der Waals surface area contributed by atoms with Crippen LogP contribution in [-0.2, 0) is 14.4 Å². The fraction of sp³-hybridized carbons (Fsp3) is 0.833. The largest absolute Gasteiger partial charge is 0.369 e. The molecule has 4 nitrogen and oxygen atoms in total. The summed E-state index contributed by atoms with van der Waals surface area (Å²) in [6.07, 6.45) is 8.70. The monoisotopic (exact) mass is 467 g/mol. The van der Waals surface area contributed by atoms with Gasteiger partial charge in [0.15, 0.2) is 5.78 Å². The Labute approximate surface area is 205 Å². The van der Waals surface area contributed by atoms with Crippen molar-refractivity contribution in [1.82, 2.24) is 0 Å². The smallest absolute Gasteiger partial charge is 0.224 e. The predicted octanol–water partition coefficient (Wildman–Crippen LogP) is 5.73. The van der Waals surface area contributed by atoms with Gasteiger partial charge in [0.1, 0.15) is 5.78 Å². The van der Waals surface area contributed by atoms with E-state index in [1.54, 1.807) is 0 Å². The van der Waals surface area contributed by atoms with Gasteiger partial charge < -0.3 is 5.73 Å². The van der Waals surface area contributed by atoms with Gasteiger partial charge in [-0.3, -0.25) is 14.4 Å². The molecule has 0 aromatic heterocycles. The lowest BCUT2D eigenvalue weighted by Crippen LogP contribution is -2.70. The molecule has 0 spiro atoms. The number of hydrogen-bond donors (Lipinski definition) is 1. The Bertz CT molecular complexity index is 972. The Morgan fingerprint density at radius 2 is 1.56 bits per heavy atom. The first kappa shape index (κ1) is 24.3. The molecule has 0 saturated heterocycles. The van der Waals surface area contributed by atoms with E-state index in [-0.39, 0.29) is 34.0 Å². The van der Waals surface area contributed by atoms with Crippen molar-refractivity contribution < 1.29 is 14.4 Å². The third kappa shape index (κ3) is 2.75. The van der Waals surface area contributed by atoms with Crippen LogP contribution < -0.4 is 5.73 Å². The van der Waals surface area contributed by atoms with E-state index < -0.39 is 5.41 Å². The number of ketones is 2. The highest BCUT2D eigenvalue weighted by atomic mass is 16.1. The highest BCUT2D eigenvalue weighted by Crippen LogP contribution is 2.74. The molecule has 0 heterocycles. The maximum atomic E-state index is 13.8. The van der Waals surface area contributed by atoms with E-state index >= 15 is 0 Å². The van der Waals surface area contributed by atoms with Crippen molar-refractivity contribution in [3.8, 4) is 0 Å². The Kier molecular flexibility index (Phi) is 5.20. The number of carbonyl (C=O) groups excluding carboxylic acids is 3. The van der Waals surface area contributed by atoms with Gasteiger partial charge in [0, 0.05) is 18.8 Å². The van der Waals surface area contributed by atoms with E-state index in [0.29, 0.717) is 54.0 Å². The maximum Gasteiger partial charge on any atom is 0.224 e. The molecule has 1 amide bonds. The fourth-order valence-corrected chi connectivity index (χ4v) is 10.3. The lowest BCUT2D eigenvalue weighted by atomic mass is 9.32. The van der Waals surface area contributed by atoms with E-state index in [0.717, 1.165) is 32.1 Å². The predicted molar refractivity (Wildman–Crippen MR) is 133 cm³/mol. The van der Waals surface area contributed by atoms with Gasteiger partial charge in [0.2, 0.25) is 5.91 Å². The molecule has 5 aliphatic carbocycles. The summed E-state index contributed by atoms with van der Waals surface area (Å²) in [6.45, 7) is 15.7. The molecule has 0 aromatic carbocycles. The van der Waals surface area contributed by atoms with E-state index in [9.17, 15) is 14.4 Å². The normalized spacial score (nSPS) is 46.3. The molecule has 0 bridgehead atoms. The molecule has 0 aromatic rings. The van der Waals surface area contributed by atoms with Crippen molar-refractivity contribution in [2.75, 3.05) is 0 Å². The minimum absolute atomic E-state index is 0.0932. The van der Waals surface area contributed by atoms with Crippen LogP contribution in [0.15, 0.2) is 11.6 Å². The molecule has 4 fully saturated rings. The SMILES string of the molecule is CC1(C)C2CCC3C(=CC(=O)C4C5CCC(=O)CC5CCC34)C2C(C)(C)C(C)(C(N)=O)C1(C)C. The van der Waals surface area contributed by atoms with Crippen molar-refractivity contribution in [2.45, 2.75) is 93.4 Å². The van der Waals surface area contributed by atoms with Crippen LogP contribution >= 0.6 is 0 Å². The third-order valence-electron chi connectivity index (χ3n) is 13.1. The minimum atomic E-state index is -0.700. The highest BCUT2D eigenvalue weighted by Gasteiger charge is 2.72. The van der Waals surface area contributed by atoms with E-state index in [1.165, 1.54) is 5.57 Å². The average Bonchev–Trinajstić information content (AvgIpc) is 2.75. The van der Waals surface area contributed by atoms with Gasteiger partial charge in [0.25, 0.3) is 0 Å². The summed E-state index contributed by atoms with van der Waals surface area (Å²) in [5, 5.41) is 0. The molecule has 5 rings (SSSR count). The first-order valence-corrected chi connectivity index (χ1v) is 13.7. The zero-order valence-electron chi connectivity index (χ0n) is 22.4. The summed E-state index contributed by atoms with van der Waals surface area (Å²) in [5.74, 6) is 2.78. The van der Waals surface area contributed by atoms with Crippen LogP contribution in [0.5, 0.6) is 0 Å². The molecule has 4 saturated carbocycles. The van der Waals surface area contributed by atoms with Crippen LogP contribution in [0.4, 0.5) is 0 Å². The number of rotatable bonds is 1.